The van der Waals surface area contributed by atoms with Crippen LogP contribution < -0.4 is 10.6 Å². The third-order valence-electron chi connectivity index (χ3n) is 3.32. The minimum Gasteiger partial charge on any atom is -0.388 e. The lowest BCUT2D eigenvalue weighted by molar-refractivity contribution is 0.0712. The van der Waals surface area contributed by atoms with E-state index in [0.717, 1.165) is 25.1 Å². The van der Waals surface area contributed by atoms with E-state index in [0.29, 0.717) is 5.56 Å². The van der Waals surface area contributed by atoms with Crippen LogP contribution in [0.5, 0.6) is 0 Å². The fourth-order valence-electron chi connectivity index (χ4n) is 2.17. The van der Waals surface area contributed by atoms with Crippen molar-refractivity contribution in [3.05, 3.63) is 29.8 Å². The maximum Gasteiger partial charge on any atom is 0.251 e. The van der Waals surface area contributed by atoms with Crippen LogP contribution in [0, 0.1) is 0 Å². The Kier molecular flexibility index (Phi) is 4.20. The van der Waals surface area contributed by atoms with Gasteiger partial charge in [-0.15, -0.1) is 0 Å². The molecule has 0 spiro atoms. The maximum atomic E-state index is 12.0. The predicted molar refractivity (Wildman–Crippen MR) is 71.9 cm³/mol. The van der Waals surface area contributed by atoms with Crippen LogP contribution in [0.1, 0.15) is 30.1 Å². The average Bonchev–Trinajstić information content (AvgIpc) is 2.92. The van der Waals surface area contributed by atoms with Gasteiger partial charge in [-0.05, 0) is 44.0 Å². The number of anilines is 1. The highest BCUT2D eigenvalue weighted by molar-refractivity contribution is 5.94. The lowest BCUT2D eigenvalue weighted by Gasteiger charge is -2.20. The smallest absolute Gasteiger partial charge is 0.251 e. The number of hydrogen-bond donors (Lipinski definition) is 2. The van der Waals surface area contributed by atoms with E-state index in [2.05, 4.69) is 10.6 Å². The summed E-state index contributed by atoms with van der Waals surface area (Å²) in [5.74, 6) is -0.0411. The lowest BCUT2D eigenvalue weighted by Crippen LogP contribution is -2.40. The molecule has 18 heavy (non-hydrogen) atoms. The van der Waals surface area contributed by atoms with E-state index in [1.54, 1.807) is 0 Å². The molecule has 1 amide bonds. The van der Waals surface area contributed by atoms with Crippen molar-refractivity contribution in [3.8, 4) is 0 Å². The van der Waals surface area contributed by atoms with Crippen LogP contribution in [0.4, 0.5) is 5.69 Å². The number of carbonyl (C=O) groups excluding carboxylic acids is 1. The average molecular weight is 248 g/mol. The lowest BCUT2D eigenvalue weighted by atomic mass is 10.1. The van der Waals surface area contributed by atoms with E-state index in [-0.39, 0.29) is 18.1 Å². The molecule has 4 nitrogen and oxygen atoms in total. The van der Waals surface area contributed by atoms with Gasteiger partial charge in [-0.1, -0.05) is 0 Å². The molecule has 1 aromatic rings. The van der Waals surface area contributed by atoms with Gasteiger partial charge < -0.3 is 15.4 Å². The highest BCUT2D eigenvalue weighted by atomic mass is 16.5. The van der Waals surface area contributed by atoms with Gasteiger partial charge in [0.1, 0.15) is 0 Å². The number of hydrogen-bond acceptors (Lipinski definition) is 3. The third-order valence-corrected chi connectivity index (χ3v) is 3.32. The first-order chi connectivity index (χ1) is 8.70. The second-order valence-electron chi connectivity index (χ2n) is 4.64. The number of carbonyl (C=O) groups is 1. The molecule has 2 N–H and O–H groups in total. The van der Waals surface area contributed by atoms with Crippen LogP contribution >= 0.6 is 0 Å². The summed E-state index contributed by atoms with van der Waals surface area (Å²) < 4.78 is 5.56. The summed E-state index contributed by atoms with van der Waals surface area (Å²) in [6, 6.07) is 7.49. The van der Waals surface area contributed by atoms with Gasteiger partial charge in [0, 0.05) is 24.9 Å². The van der Waals surface area contributed by atoms with E-state index in [9.17, 15) is 4.79 Å². The second-order valence-corrected chi connectivity index (χ2v) is 4.64. The summed E-state index contributed by atoms with van der Waals surface area (Å²) in [7, 11) is 1.86. The molecule has 1 aromatic carbocycles. The zero-order chi connectivity index (χ0) is 13.0. The van der Waals surface area contributed by atoms with Gasteiger partial charge in [-0.2, -0.15) is 0 Å². The van der Waals surface area contributed by atoms with Crippen molar-refractivity contribution >= 4 is 11.6 Å². The fourth-order valence-corrected chi connectivity index (χ4v) is 2.17. The SMILES string of the molecule is CNc1ccc(C(=O)NC(C)C2CCCO2)cc1. The zero-order valence-corrected chi connectivity index (χ0v) is 10.9. The van der Waals surface area contributed by atoms with E-state index < -0.39 is 0 Å². The molecule has 1 fully saturated rings. The van der Waals surface area contributed by atoms with Gasteiger partial charge in [0.25, 0.3) is 5.91 Å². The molecule has 2 atom stereocenters. The normalized spacial score (nSPS) is 20.4. The molecule has 0 aliphatic carbocycles. The molecule has 4 heteroatoms. The number of rotatable bonds is 4. The number of ether oxygens (including phenoxy) is 1. The second kappa shape index (κ2) is 5.87. The minimum atomic E-state index is -0.0411. The van der Waals surface area contributed by atoms with E-state index in [1.165, 1.54) is 0 Å². The summed E-state index contributed by atoms with van der Waals surface area (Å²) in [5.41, 5.74) is 1.68. The first-order valence-corrected chi connectivity index (χ1v) is 6.41. The topological polar surface area (TPSA) is 50.4 Å². The quantitative estimate of drug-likeness (QED) is 0.857. The van der Waals surface area contributed by atoms with Gasteiger partial charge in [0.2, 0.25) is 0 Å². The molecule has 2 rings (SSSR count). The molecule has 98 valence electrons. The molecule has 1 saturated heterocycles. The number of benzene rings is 1. The molecule has 0 aromatic heterocycles. The Morgan fingerprint density at radius 2 is 2.11 bits per heavy atom. The van der Waals surface area contributed by atoms with E-state index in [4.69, 9.17) is 4.74 Å². The summed E-state index contributed by atoms with van der Waals surface area (Å²) in [6.07, 6.45) is 2.27. The predicted octanol–water partition coefficient (Wildman–Crippen LogP) is 2.03. The molecular weight excluding hydrogens is 228 g/mol. The van der Waals surface area contributed by atoms with Crippen LogP contribution in [0.15, 0.2) is 24.3 Å². The molecule has 0 saturated carbocycles. The van der Waals surface area contributed by atoms with Gasteiger partial charge in [-0.3, -0.25) is 4.79 Å². The summed E-state index contributed by atoms with van der Waals surface area (Å²) in [5, 5.41) is 6.02. The Morgan fingerprint density at radius 1 is 1.39 bits per heavy atom. The molecule has 2 unspecified atom stereocenters. The van der Waals surface area contributed by atoms with Crippen LogP contribution in [0.25, 0.3) is 0 Å². The summed E-state index contributed by atoms with van der Waals surface area (Å²) in [6.45, 7) is 2.80. The molecule has 0 radical (unpaired) electrons. The fraction of sp³-hybridized carbons (Fsp3) is 0.500. The van der Waals surface area contributed by atoms with Gasteiger partial charge in [0.15, 0.2) is 0 Å². The van der Waals surface area contributed by atoms with Crippen molar-refractivity contribution in [1.82, 2.24) is 5.32 Å². The zero-order valence-electron chi connectivity index (χ0n) is 10.9. The third kappa shape index (κ3) is 3.01. The highest BCUT2D eigenvalue weighted by Gasteiger charge is 2.23. The van der Waals surface area contributed by atoms with Gasteiger partial charge in [0.05, 0.1) is 12.1 Å². The largest absolute Gasteiger partial charge is 0.388 e. The number of amides is 1. The summed E-state index contributed by atoms with van der Waals surface area (Å²) >= 11 is 0. The molecule has 1 heterocycles. The Bertz CT molecular complexity index is 397. The van der Waals surface area contributed by atoms with Crippen molar-refractivity contribution in [2.75, 3.05) is 19.0 Å². The summed E-state index contributed by atoms with van der Waals surface area (Å²) in [4.78, 5) is 12.0. The van der Waals surface area contributed by atoms with Crippen molar-refractivity contribution < 1.29 is 9.53 Å². The molecule has 0 bridgehead atoms. The number of nitrogens with one attached hydrogen (secondary N) is 2. The first-order valence-electron chi connectivity index (χ1n) is 6.41. The van der Waals surface area contributed by atoms with Crippen LogP contribution in [0.3, 0.4) is 0 Å². The van der Waals surface area contributed by atoms with Gasteiger partial charge >= 0.3 is 0 Å². The highest BCUT2D eigenvalue weighted by Crippen LogP contribution is 2.16. The van der Waals surface area contributed by atoms with E-state index in [1.807, 2.05) is 38.2 Å². The van der Waals surface area contributed by atoms with Crippen molar-refractivity contribution in [2.45, 2.75) is 31.9 Å². The van der Waals surface area contributed by atoms with Crippen LogP contribution in [0.2, 0.25) is 0 Å². The van der Waals surface area contributed by atoms with Crippen LogP contribution in [-0.4, -0.2) is 31.7 Å². The van der Waals surface area contributed by atoms with Crippen molar-refractivity contribution in [1.29, 1.82) is 0 Å². The van der Waals surface area contributed by atoms with Crippen molar-refractivity contribution in [3.63, 3.8) is 0 Å². The Morgan fingerprint density at radius 3 is 2.67 bits per heavy atom. The van der Waals surface area contributed by atoms with E-state index >= 15 is 0 Å². The maximum absolute atomic E-state index is 12.0. The Hall–Kier alpha value is -1.55. The van der Waals surface area contributed by atoms with Crippen molar-refractivity contribution in [2.24, 2.45) is 0 Å². The molecule has 1 aliphatic rings. The first kappa shape index (κ1) is 12.9. The monoisotopic (exact) mass is 248 g/mol. The van der Waals surface area contributed by atoms with Gasteiger partial charge in [-0.25, -0.2) is 0 Å². The molecular formula is C14H20N2O2. The molecule has 1 aliphatic heterocycles. The Labute approximate surface area is 108 Å². The minimum absolute atomic E-state index is 0.0411. The van der Waals surface area contributed by atoms with Crippen LogP contribution in [-0.2, 0) is 4.74 Å². The Balaban J connectivity index is 1.93. The standard InChI is InChI=1S/C14H20N2O2/c1-10(13-4-3-9-18-13)16-14(17)11-5-7-12(15-2)8-6-11/h5-8,10,13,15H,3-4,9H2,1-2H3,(H,16,17).